The van der Waals surface area contributed by atoms with E-state index < -0.39 is 12.1 Å². The third kappa shape index (κ3) is 6.80. The van der Waals surface area contributed by atoms with Gasteiger partial charge in [-0.25, -0.2) is 9.78 Å². The molecule has 3 rings (SSSR count). The first-order valence-corrected chi connectivity index (χ1v) is 11.1. The van der Waals surface area contributed by atoms with Crippen molar-refractivity contribution < 1.29 is 24.1 Å². The molecular formula is C27H31NO5. The molecule has 0 unspecified atom stereocenters. The molecule has 1 N–H and O–H groups in total. The molecule has 3 aromatic rings. The summed E-state index contributed by atoms with van der Waals surface area (Å²) in [5.74, 6) is 0.604. The molecule has 33 heavy (non-hydrogen) atoms. The molecule has 0 aliphatic heterocycles. The molecule has 0 radical (unpaired) electrons. The minimum absolute atomic E-state index is 0.357. The van der Waals surface area contributed by atoms with Gasteiger partial charge in [0.2, 0.25) is 0 Å². The van der Waals surface area contributed by atoms with Gasteiger partial charge in [-0.1, -0.05) is 44.2 Å². The van der Waals surface area contributed by atoms with Gasteiger partial charge >= 0.3 is 5.97 Å². The Morgan fingerprint density at radius 2 is 1.82 bits per heavy atom. The zero-order valence-corrected chi connectivity index (χ0v) is 19.6. The predicted octanol–water partition coefficient (Wildman–Crippen LogP) is 5.80. The van der Waals surface area contributed by atoms with Crippen LogP contribution in [0.5, 0.6) is 11.5 Å². The first-order valence-electron chi connectivity index (χ1n) is 11.1. The van der Waals surface area contributed by atoms with Crippen LogP contribution in [0.2, 0.25) is 0 Å². The Hall–Kier alpha value is -3.38. The molecule has 0 spiro atoms. The normalized spacial score (nSPS) is 11.9. The number of hydrogen-bond donors (Lipinski definition) is 1. The van der Waals surface area contributed by atoms with Crippen LogP contribution in [-0.2, 0) is 9.53 Å². The Kier molecular flexibility index (Phi) is 8.44. The van der Waals surface area contributed by atoms with Gasteiger partial charge in [-0.15, -0.1) is 0 Å². The van der Waals surface area contributed by atoms with E-state index in [9.17, 15) is 4.79 Å². The van der Waals surface area contributed by atoms with Crippen LogP contribution < -0.4 is 9.47 Å². The summed E-state index contributed by atoms with van der Waals surface area (Å²) in [5.41, 5.74) is 4.78. The molecule has 0 aliphatic rings. The highest BCUT2D eigenvalue weighted by Gasteiger charge is 2.17. The van der Waals surface area contributed by atoms with E-state index in [4.69, 9.17) is 24.3 Å². The third-order valence-electron chi connectivity index (χ3n) is 5.22. The Bertz CT molecular complexity index is 1060. The highest BCUT2D eigenvalue weighted by Crippen LogP contribution is 2.29. The number of aliphatic carboxylic acids is 1. The minimum Gasteiger partial charge on any atom is -0.482 e. The molecule has 2 aromatic carbocycles. The standard InChI is InChI=1S/C27H31NO5/c1-5-31-16-26(33-22-13-14-25(19(4)15-22)32-17-27(29)30)24-8-6-7-23(28-24)21-11-9-20(10-12-21)18(2)3/h6-15,18,26H,5,16-17H2,1-4H3,(H,29,30)/t26-/m1/s1. The number of aromatic nitrogens is 1. The Balaban J connectivity index is 1.82. The first-order chi connectivity index (χ1) is 15.9. The number of carbonyl (C=O) groups is 1. The number of ether oxygens (including phenoxy) is 3. The van der Waals surface area contributed by atoms with Gasteiger partial charge in [0.25, 0.3) is 0 Å². The van der Waals surface area contributed by atoms with Gasteiger partial charge in [0.1, 0.15) is 11.5 Å². The summed E-state index contributed by atoms with van der Waals surface area (Å²) < 4.78 is 17.2. The predicted molar refractivity (Wildman–Crippen MR) is 128 cm³/mol. The van der Waals surface area contributed by atoms with Crippen LogP contribution in [0.1, 0.15) is 49.6 Å². The zero-order chi connectivity index (χ0) is 23.8. The number of carboxylic acids is 1. The highest BCUT2D eigenvalue weighted by atomic mass is 16.5. The van der Waals surface area contributed by atoms with Crippen LogP contribution in [0.25, 0.3) is 11.3 Å². The van der Waals surface area contributed by atoms with E-state index in [0.717, 1.165) is 22.5 Å². The molecular weight excluding hydrogens is 418 g/mol. The molecule has 174 valence electrons. The van der Waals surface area contributed by atoms with E-state index >= 15 is 0 Å². The maximum atomic E-state index is 10.8. The van der Waals surface area contributed by atoms with Crippen molar-refractivity contribution in [2.24, 2.45) is 0 Å². The number of rotatable bonds is 11. The molecule has 0 saturated heterocycles. The summed E-state index contributed by atoms with van der Waals surface area (Å²) in [6.07, 6.45) is -0.398. The van der Waals surface area contributed by atoms with Crippen molar-refractivity contribution >= 4 is 5.97 Å². The van der Waals surface area contributed by atoms with E-state index in [1.807, 2.05) is 38.1 Å². The van der Waals surface area contributed by atoms with Crippen molar-refractivity contribution in [3.05, 3.63) is 77.5 Å². The molecule has 1 heterocycles. The largest absolute Gasteiger partial charge is 0.482 e. The van der Waals surface area contributed by atoms with E-state index in [2.05, 4.69) is 38.1 Å². The molecule has 6 heteroatoms. The summed E-state index contributed by atoms with van der Waals surface area (Å²) in [6.45, 7) is 8.68. The third-order valence-corrected chi connectivity index (χ3v) is 5.22. The van der Waals surface area contributed by atoms with E-state index in [-0.39, 0.29) is 6.61 Å². The molecule has 1 aromatic heterocycles. The maximum Gasteiger partial charge on any atom is 0.341 e. The quantitative estimate of drug-likeness (QED) is 0.399. The Morgan fingerprint density at radius 3 is 2.45 bits per heavy atom. The Morgan fingerprint density at radius 1 is 1.06 bits per heavy atom. The van der Waals surface area contributed by atoms with Gasteiger partial charge in [0.05, 0.1) is 18.0 Å². The van der Waals surface area contributed by atoms with Crippen molar-refractivity contribution in [2.45, 2.75) is 39.7 Å². The van der Waals surface area contributed by atoms with E-state index in [1.54, 1.807) is 12.1 Å². The van der Waals surface area contributed by atoms with Gasteiger partial charge in [0.15, 0.2) is 12.7 Å². The van der Waals surface area contributed by atoms with Gasteiger partial charge in [-0.05, 0) is 61.2 Å². The number of pyridine rings is 1. The summed E-state index contributed by atoms with van der Waals surface area (Å²) in [7, 11) is 0. The van der Waals surface area contributed by atoms with Gasteiger partial charge < -0.3 is 19.3 Å². The fraction of sp³-hybridized carbons (Fsp3) is 0.333. The molecule has 1 atom stereocenters. The van der Waals surface area contributed by atoms with Crippen LogP contribution in [0, 0.1) is 6.92 Å². The second kappa shape index (κ2) is 11.5. The van der Waals surface area contributed by atoms with Crippen LogP contribution in [0.4, 0.5) is 0 Å². The number of aryl methyl sites for hydroxylation is 1. The molecule has 0 fully saturated rings. The topological polar surface area (TPSA) is 77.9 Å². The summed E-state index contributed by atoms with van der Waals surface area (Å²) in [4.78, 5) is 15.6. The fourth-order valence-electron chi connectivity index (χ4n) is 3.40. The number of carboxylic acid groups (broad SMARTS) is 1. The number of nitrogens with zero attached hydrogens (tertiary/aromatic N) is 1. The molecule has 0 bridgehead atoms. The lowest BCUT2D eigenvalue weighted by molar-refractivity contribution is -0.139. The smallest absolute Gasteiger partial charge is 0.341 e. The van der Waals surface area contributed by atoms with Crippen molar-refractivity contribution in [1.29, 1.82) is 0 Å². The number of hydrogen-bond acceptors (Lipinski definition) is 5. The van der Waals surface area contributed by atoms with Crippen molar-refractivity contribution in [3.63, 3.8) is 0 Å². The SMILES string of the molecule is CCOC[C@@H](Oc1ccc(OCC(=O)O)c(C)c1)c1cccc(-c2ccc(C(C)C)cc2)n1. The zero-order valence-electron chi connectivity index (χ0n) is 19.6. The second-order valence-corrected chi connectivity index (χ2v) is 8.10. The summed E-state index contributed by atoms with van der Waals surface area (Å²) >= 11 is 0. The first kappa shape index (κ1) is 24.3. The number of benzene rings is 2. The van der Waals surface area contributed by atoms with E-state index in [0.29, 0.717) is 30.6 Å². The van der Waals surface area contributed by atoms with Crippen LogP contribution in [0.15, 0.2) is 60.7 Å². The van der Waals surface area contributed by atoms with Crippen LogP contribution in [0.3, 0.4) is 0 Å². The van der Waals surface area contributed by atoms with Gasteiger partial charge in [-0.2, -0.15) is 0 Å². The molecule has 0 saturated carbocycles. The fourth-order valence-corrected chi connectivity index (χ4v) is 3.40. The van der Waals surface area contributed by atoms with E-state index in [1.165, 1.54) is 5.56 Å². The lowest BCUT2D eigenvalue weighted by atomic mass is 10.0. The van der Waals surface area contributed by atoms with Gasteiger partial charge in [0, 0.05) is 12.2 Å². The highest BCUT2D eigenvalue weighted by molar-refractivity contribution is 5.68. The van der Waals surface area contributed by atoms with Crippen molar-refractivity contribution in [1.82, 2.24) is 4.98 Å². The lowest BCUT2D eigenvalue weighted by Gasteiger charge is -2.20. The monoisotopic (exact) mass is 449 g/mol. The van der Waals surface area contributed by atoms with Gasteiger partial charge in [-0.3, -0.25) is 0 Å². The maximum absolute atomic E-state index is 10.8. The molecule has 0 amide bonds. The summed E-state index contributed by atoms with van der Waals surface area (Å²) in [5, 5.41) is 8.82. The van der Waals surface area contributed by atoms with Crippen molar-refractivity contribution in [3.8, 4) is 22.8 Å². The minimum atomic E-state index is -1.02. The van der Waals surface area contributed by atoms with Crippen molar-refractivity contribution in [2.75, 3.05) is 19.8 Å². The van der Waals surface area contributed by atoms with Crippen LogP contribution in [-0.4, -0.2) is 35.9 Å². The average Bonchev–Trinajstić information content (AvgIpc) is 2.81. The van der Waals surface area contributed by atoms with Crippen LogP contribution >= 0.6 is 0 Å². The second-order valence-electron chi connectivity index (χ2n) is 8.10. The lowest BCUT2D eigenvalue weighted by Crippen LogP contribution is -2.16. The Labute approximate surface area is 195 Å². The molecule has 6 nitrogen and oxygen atoms in total. The molecule has 0 aliphatic carbocycles. The summed E-state index contributed by atoms with van der Waals surface area (Å²) in [6, 6.07) is 19.7. The average molecular weight is 450 g/mol.